The van der Waals surface area contributed by atoms with Gasteiger partial charge in [0.2, 0.25) is 0 Å². The van der Waals surface area contributed by atoms with E-state index in [1.54, 1.807) is 24.3 Å². The van der Waals surface area contributed by atoms with Crippen LogP contribution in [0.3, 0.4) is 0 Å². The summed E-state index contributed by atoms with van der Waals surface area (Å²) < 4.78 is 0. The first kappa shape index (κ1) is 25.5. The first-order valence-electron chi connectivity index (χ1n) is 11.7. The molecule has 3 aromatic rings. The van der Waals surface area contributed by atoms with E-state index in [9.17, 15) is 9.59 Å². The molecule has 6 N–H and O–H groups in total. The van der Waals surface area contributed by atoms with Crippen LogP contribution < -0.4 is 31.9 Å². The monoisotopic (exact) mass is 518 g/mol. The molecule has 2 aliphatic heterocycles. The van der Waals surface area contributed by atoms with Crippen LogP contribution in [0.15, 0.2) is 82.8 Å². The number of carbonyl (C=O) groups excluding carboxylic acids is 2. The maximum absolute atomic E-state index is 12.5. The zero-order valence-corrected chi connectivity index (χ0v) is 20.7. The number of hydrogen-bond acceptors (Lipinski definition) is 6. The lowest BCUT2D eigenvalue weighted by Crippen LogP contribution is -2.22. The van der Waals surface area contributed by atoms with Gasteiger partial charge in [-0.3, -0.25) is 9.98 Å². The standard InChI is InChI=1S/C26H26N8O2.ClH/c35-25(31-19-6-1-4-17(14-19)23-27-10-11-28-23)33-21-8-3-9-22(16-21)34-26(36)32-20-7-2-5-18(15-20)24-29-12-13-30-24;/h1-9,14-16H,10-13H2,(H,27,28)(H,29,30)(H2,31,33,35)(H2,32,34,36);1H. The second-order valence-electron chi connectivity index (χ2n) is 8.21. The molecule has 37 heavy (non-hydrogen) atoms. The summed E-state index contributed by atoms with van der Waals surface area (Å²) in [5, 5.41) is 17.7. The first-order chi connectivity index (χ1) is 17.6. The Labute approximate surface area is 220 Å². The van der Waals surface area contributed by atoms with Gasteiger partial charge in [0.05, 0.1) is 13.1 Å². The van der Waals surface area contributed by atoms with Crippen molar-refractivity contribution in [1.29, 1.82) is 0 Å². The number of benzene rings is 3. The average molecular weight is 519 g/mol. The summed E-state index contributed by atoms with van der Waals surface area (Å²) in [5.74, 6) is 1.65. The van der Waals surface area contributed by atoms with E-state index in [-0.39, 0.29) is 12.4 Å². The van der Waals surface area contributed by atoms with Gasteiger partial charge in [-0.2, -0.15) is 0 Å². The van der Waals surface area contributed by atoms with Gasteiger partial charge in [-0.1, -0.05) is 30.3 Å². The van der Waals surface area contributed by atoms with Crippen molar-refractivity contribution in [1.82, 2.24) is 10.6 Å². The predicted octanol–water partition coefficient (Wildman–Crippen LogP) is 4.10. The highest BCUT2D eigenvalue weighted by Crippen LogP contribution is 2.18. The number of hydrogen-bond donors (Lipinski definition) is 6. The Bertz CT molecular complexity index is 1260. The van der Waals surface area contributed by atoms with Crippen molar-refractivity contribution in [2.24, 2.45) is 9.98 Å². The molecule has 0 bridgehead atoms. The largest absolute Gasteiger partial charge is 0.368 e. The number of nitrogens with zero attached hydrogens (tertiary/aromatic N) is 2. The fraction of sp³-hybridized carbons (Fsp3) is 0.154. The van der Waals surface area contributed by atoms with E-state index in [2.05, 4.69) is 41.9 Å². The molecule has 11 heteroatoms. The second kappa shape index (κ2) is 11.9. The number of rotatable bonds is 6. The van der Waals surface area contributed by atoms with Crippen LogP contribution in [0.1, 0.15) is 11.1 Å². The predicted molar refractivity (Wildman–Crippen MR) is 151 cm³/mol. The molecule has 0 fully saturated rings. The fourth-order valence-electron chi connectivity index (χ4n) is 3.93. The van der Waals surface area contributed by atoms with Gasteiger partial charge >= 0.3 is 12.1 Å². The second-order valence-corrected chi connectivity index (χ2v) is 8.21. The van der Waals surface area contributed by atoms with E-state index in [4.69, 9.17) is 0 Å². The van der Waals surface area contributed by atoms with Crippen LogP contribution in [0.5, 0.6) is 0 Å². The Hall–Kier alpha value is -4.57. The van der Waals surface area contributed by atoms with Crippen molar-refractivity contribution < 1.29 is 9.59 Å². The van der Waals surface area contributed by atoms with Crippen LogP contribution in [0.4, 0.5) is 32.3 Å². The van der Waals surface area contributed by atoms with Crippen LogP contribution in [0.2, 0.25) is 0 Å². The molecule has 0 atom stereocenters. The van der Waals surface area contributed by atoms with Gasteiger partial charge in [0.25, 0.3) is 0 Å². The third kappa shape index (κ3) is 6.77. The van der Waals surface area contributed by atoms with Gasteiger partial charge in [0.15, 0.2) is 0 Å². The molecule has 10 nitrogen and oxygen atoms in total. The Morgan fingerprint density at radius 1 is 0.595 bits per heavy atom. The Kier molecular flexibility index (Phi) is 8.22. The Morgan fingerprint density at radius 2 is 0.973 bits per heavy atom. The summed E-state index contributed by atoms with van der Waals surface area (Å²) in [4.78, 5) is 33.9. The van der Waals surface area contributed by atoms with Gasteiger partial charge in [0, 0.05) is 47.0 Å². The third-order valence-electron chi connectivity index (χ3n) is 5.51. The summed E-state index contributed by atoms with van der Waals surface area (Å²) >= 11 is 0. The van der Waals surface area contributed by atoms with Gasteiger partial charge < -0.3 is 31.9 Å². The van der Waals surface area contributed by atoms with Crippen LogP contribution in [-0.4, -0.2) is 49.9 Å². The highest BCUT2D eigenvalue weighted by molar-refractivity contribution is 6.05. The highest BCUT2D eigenvalue weighted by Gasteiger charge is 2.11. The third-order valence-corrected chi connectivity index (χ3v) is 5.51. The Balaban J connectivity index is 0.00000320. The van der Waals surface area contributed by atoms with Crippen molar-refractivity contribution in [3.05, 3.63) is 83.9 Å². The lowest BCUT2D eigenvalue weighted by molar-refractivity contribution is 0.261. The van der Waals surface area contributed by atoms with Gasteiger partial charge in [0.1, 0.15) is 11.7 Å². The number of carbonyl (C=O) groups is 2. The van der Waals surface area contributed by atoms with Crippen LogP contribution in [-0.2, 0) is 0 Å². The van der Waals surface area contributed by atoms with Gasteiger partial charge in [-0.25, -0.2) is 9.59 Å². The van der Waals surface area contributed by atoms with Gasteiger partial charge in [-0.15, -0.1) is 12.4 Å². The lowest BCUT2D eigenvalue weighted by Gasteiger charge is -2.12. The summed E-state index contributed by atoms with van der Waals surface area (Å²) in [6, 6.07) is 21.1. The SMILES string of the molecule is Cl.O=C(Nc1cccc(NC(=O)Nc2cccc(C3=NCCN3)c2)c1)Nc1cccc(C2=NCCN2)c1. The van der Waals surface area contributed by atoms with Crippen molar-refractivity contribution in [3.8, 4) is 0 Å². The van der Waals surface area contributed by atoms with Gasteiger partial charge in [-0.05, 0) is 42.5 Å². The normalized spacial score (nSPS) is 13.7. The topological polar surface area (TPSA) is 131 Å². The summed E-state index contributed by atoms with van der Waals surface area (Å²) in [6.45, 7) is 3.12. The molecule has 190 valence electrons. The highest BCUT2D eigenvalue weighted by atomic mass is 35.5. The maximum atomic E-state index is 12.5. The minimum absolute atomic E-state index is 0. The molecule has 0 radical (unpaired) electrons. The minimum Gasteiger partial charge on any atom is -0.368 e. The summed E-state index contributed by atoms with van der Waals surface area (Å²) in [5.41, 5.74) is 4.21. The number of urea groups is 2. The van der Waals surface area contributed by atoms with E-state index < -0.39 is 12.1 Å². The number of anilines is 4. The number of nitrogens with one attached hydrogen (secondary N) is 6. The lowest BCUT2D eigenvalue weighted by atomic mass is 10.2. The smallest absolute Gasteiger partial charge is 0.323 e. The average Bonchev–Trinajstić information content (AvgIpc) is 3.59. The molecular weight excluding hydrogens is 492 g/mol. The zero-order valence-electron chi connectivity index (χ0n) is 19.9. The molecule has 0 spiro atoms. The molecule has 0 aromatic heterocycles. The van der Waals surface area contributed by atoms with E-state index >= 15 is 0 Å². The van der Waals surface area contributed by atoms with Crippen LogP contribution >= 0.6 is 12.4 Å². The van der Waals surface area contributed by atoms with Crippen molar-refractivity contribution in [2.45, 2.75) is 0 Å². The quantitative estimate of drug-likeness (QED) is 0.293. The zero-order chi connectivity index (χ0) is 24.7. The van der Waals surface area contributed by atoms with Crippen LogP contribution in [0.25, 0.3) is 0 Å². The molecule has 0 unspecified atom stereocenters. The van der Waals surface area contributed by atoms with E-state index in [1.807, 2.05) is 48.5 Å². The molecular formula is C26H27ClN8O2. The summed E-state index contributed by atoms with van der Waals surface area (Å²) in [7, 11) is 0. The van der Waals surface area contributed by atoms with E-state index in [0.717, 1.165) is 49.0 Å². The molecule has 0 saturated heterocycles. The van der Waals surface area contributed by atoms with Crippen molar-refractivity contribution >= 4 is 58.9 Å². The molecule has 0 aliphatic carbocycles. The molecule has 4 amide bonds. The number of amides is 4. The van der Waals surface area contributed by atoms with E-state index in [0.29, 0.717) is 22.7 Å². The molecule has 3 aromatic carbocycles. The summed E-state index contributed by atoms with van der Waals surface area (Å²) in [6.07, 6.45) is 0. The first-order valence-corrected chi connectivity index (χ1v) is 11.7. The molecule has 5 rings (SSSR count). The number of amidine groups is 2. The van der Waals surface area contributed by atoms with Crippen molar-refractivity contribution in [3.63, 3.8) is 0 Å². The minimum atomic E-state index is -0.393. The van der Waals surface area contributed by atoms with E-state index in [1.165, 1.54) is 0 Å². The maximum Gasteiger partial charge on any atom is 0.323 e. The molecule has 2 heterocycles. The fourth-order valence-corrected chi connectivity index (χ4v) is 3.93. The Morgan fingerprint density at radius 3 is 1.35 bits per heavy atom. The van der Waals surface area contributed by atoms with Crippen LogP contribution in [0, 0.1) is 0 Å². The molecule has 0 saturated carbocycles. The van der Waals surface area contributed by atoms with Crippen molar-refractivity contribution in [2.75, 3.05) is 47.4 Å². The number of aliphatic imine (C=N–C) groups is 2. The molecule has 2 aliphatic rings. The number of halogens is 1.